The normalized spacial score (nSPS) is 12.9. The van der Waals surface area contributed by atoms with Crippen molar-refractivity contribution < 1.29 is 4.42 Å². The third kappa shape index (κ3) is 2.98. The Morgan fingerprint density at radius 1 is 1.43 bits per heavy atom. The zero-order chi connectivity index (χ0) is 14.8. The smallest absolute Gasteiger partial charge is 0.176 e. The molecule has 0 fully saturated rings. The molecule has 1 unspecified atom stereocenters. The maximum absolute atomic E-state index is 6.00. The van der Waals surface area contributed by atoms with Gasteiger partial charge in [0, 0.05) is 11.8 Å². The van der Waals surface area contributed by atoms with Crippen molar-refractivity contribution in [3.8, 4) is 0 Å². The van der Waals surface area contributed by atoms with Gasteiger partial charge < -0.3 is 9.73 Å². The molecule has 0 amide bonds. The number of fused-ring (bicyclic) bond motifs is 1. The molecule has 6 nitrogen and oxygen atoms in total. The quantitative estimate of drug-likeness (QED) is 0.766. The third-order valence-electron chi connectivity index (χ3n) is 3.25. The van der Waals surface area contributed by atoms with E-state index in [1.807, 2.05) is 18.2 Å². The highest BCUT2D eigenvalue weighted by molar-refractivity contribution is 9.10. The van der Waals surface area contributed by atoms with Gasteiger partial charge in [-0.25, -0.2) is 0 Å². The lowest BCUT2D eigenvalue weighted by molar-refractivity contribution is 0.428. The number of nitrogens with one attached hydrogen (secondary N) is 1. The van der Waals surface area contributed by atoms with Gasteiger partial charge in [-0.15, -0.1) is 10.2 Å². The zero-order valence-corrected chi connectivity index (χ0v) is 13.5. The highest BCUT2D eigenvalue weighted by Crippen LogP contribution is 2.30. The van der Waals surface area contributed by atoms with E-state index in [9.17, 15) is 0 Å². The number of nitrogens with zero attached hydrogens (tertiary/aromatic N) is 4. The summed E-state index contributed by atoms with van der Waals surface area (Å²) in [4.78, 5) is 1.47. The summed E-state index contributed by atoms with van der Waals surface area (Å²) in [5.74, 6) is 1.58. The fourth-order valence-electron chi connectivity index (χ4n) is 2.33. The minimum absolute atomic E-state index is 0.0264. The monoisotopic (exact) mass is 349 g/mol. The predicted octanol–water partition coefficient (Wildman–Crippen LogP) is 2.61. The van der Waals surface area contributed by atoms with Gasteiger partial charge in [0.15, 0.2) is 5.82 Å². The molecule has 21 heavy (non-hydrogen) atoms. The molecular formula is C14H16BrN5O. The Bertz CT molecular complexity index is 751. The molecule has 3 rings (SSSR count). The average molecular weight is 350 g/mol. The molecule has 2 heterocycles. The minimum atomic E-state index is 0.0264. The second kappa shape index (κ2) is 5.95. The molecule has 1 N–H and O–H groups in total. The fourth-order valence-corrected chi connectivity index (χ4v) is 2.79. The van der Waals surface area contributed by atoms with Crippen molar-refractivity contribution in [2.75, 3.05) is 6.54 Å². The van der Waals surface area contributed by atoms with E-state index in [1.54, 1.807) is 7.05 Å². The summed E-state index contributed by atoms with van der Waals surface area (Å²) in [5.41, 5.74) is 0.863. The van der Waals surface area contributed by atoms with Crippen LogP contribution in [-0.4, -0.2) is 26.8 Å². The number of tetrazole rings is 1. The molecule has 110 valence electrons. The number of benzene rings is 1. The number of aromatic nitrogens is 4. The number of furan rings is 1. The Morgan fingerprint density at radius 3 is 2.95 bits per heavy atom. The van der Waals surface area contributed by atoms with Crippen molar-refractivity contribution in [1.82, 2.24) is 25.5 Å². The topological polar surface area (TPSA) is 68.8 Å². The fraction of sp³-hybridized carbons (Fsp3) is 0.357. The number of para-hydroxylation sites is 1. The van der Waals surface area contributed by atoms with Crippen molar-refractivity contribution in [3.63, 3.8) is 0 Å². The van der Waals surface area contributed by atoms with Gasteiger partial charge in [-0.3, -0.25) is 0 Å². The second-order valence-corrected chi connectivity index (χ2v) is 5.67. The summed E-state index contributed by atoms with van der Waals surface area (Å²) in [6, 6.07) is 8.10. The van der Waals surface area contributed by atoms with Gasteiger partial charge in [0.05, 0.1) is 17.6 Å². The number of halogens is 1. The summed E-state index contributed by atoms with van der Waals surface area (Å²) in [6.07, 6.45) is 0.638. The van der Waals surface area contributed by atoms with Gasteiger partial charge in [-0.05, 0) is 39.8 Å². The average Bonchev–Trinajstić information content (AvgIpc) is 3.05. The van der Waals surface area contributed by atoms with Crippen LogP contribution >= 0.6 is 15.9 Å². The second-order valence-electron chi connectivity index (χ2n) is 4.82. The first-order valence-corrected chi connectivity index (χ1v) is 7.61. The van der Waals surface area contributed by atoms with Gasteiger partial charge in [0.1, 0.15) is 11.3 Å². The van der Waals surface area contributed by atoms with Crippen LogP contribution in [0.4, 0.5) is 0 Å². The summed E-state index contributed by atoms with van der Waals surface area (Å²) < 4.78 is 6.96. The molecule has 0 radical (unpaired) electrons. The number of hydrogen-bond donors (Lipinski definition) is 1. The van der Waals surface area contributed by atoms with E-state index < -0.39 is 0 Å². The molecule has 0 aliphatic carbocycles. The lowest BCUT2D eigenvalue weighted by Crippen LogP contribution is -2.23. The van der Waals surface area contributed by atoms with Crippen LogP contribution in [-0.2, 0) is 13.5 Å². The zero-order valence-electron chi connectivity index (χ0n) is 11.9. The predicted molar refractivity (Wildman–Crippen MR) is 82.8 cm³/mol. The molecule has 2 aromatic heterocycles. The van der Waals surface area contributed by atoms with Crippen LogP contribution in [0.1, 0.15) is 24.6 Å². The molecule has 0 saturated heterocycles. The van der Waals surface area contributed by atoms with Gasteiger partial charge in [-0.2, -0.15) is 4.80 Å². The Balaban J connectivity index is 1.93. The summed E-state index contributed by atoms with van der Waals surface area (Å²) in [7, 11) is 1.76. The number of hydrogen-bond acceptors (Lipinski definition) is 5. The summed E-state index contributed by atoms with van der Waals surface area (Å²) >= 11 is 3.52. The molecule has 0 saturated carbocycles. The van der Waals surface area contributed by atoms with E-state index in [0.29, 0.717) is 12.2 Å². The summed E-state index contributed by atoms with van der Waals surface area (Å²) in [6.45, 7) is 2.90. The number of rotatable bonds is 5. The molecule has 1 atom stereocenters. The number of aryl methyl sites for hydroxylation is 1. The summed E-state index contributed by atoms with van der Waals surface area (Å²) in [5, 5.41) is 16.6. The highest BCUT2D eigenvalue weighted by Gasteiger charge is 2.19. The third-order valence-corrected chi connectivity index (χ3v) is 3.87. The first-order chi connectivity index (χ1) is 10.2. The van der Waals surface area contributed by atoms with Crippen LogP contribution in [0.3, 0.4) is 0 Å². The first-order valence-electron chi connectivity index (χ1n) is 6.81. The van der Waals surface area contributed by atoms with Crippen molar-refractivity contribution >= 4 is 26.9 Å². The van der Waals surface area contributed by atoms with Crippen LogP contribution in [0.5, 0.6) is 0 Å². The molecule has 3 aromatic rings. The van der Waals surface area contributed by atoms with Crippen LogP contribution in [0, 0.1) is 0 Å². The molecule has 1 aromatic carbocycles. The van der Waals surface area contributed by atoms with E-state index in [-0.39, 0.29) is 6.04 Å². The minimum Gasteiger partial charge on any atom is -0.458 e. The van der Waals surface area contributed by atoms with Crippen LogP contribution in [0.15, 0.2) is 33.2 Å². The van der Waals surface area contributed by atoms with Crippen molar-refractivity contribution in [1.29, 1.82) is 0 Å². The molecule has 0 bridgehead atoms. The lowest BCUT2D eigenvalue weighted by Gasteiger charge is -2.13. The van der Waals surface area contributed by atoms with Gasteiger partial charge in [0.25, 0.3) is 0 Å². The first kappa shape index (κ1) is 14.2. The number of likely N-dealkylation sites (N-methyl/N-ethyl adjacent to an activating group) is 1. The van der Waals surface area contributed by atoms with Gasteiger partial charge in [0.2, 0.25) is 0 Å². The van der Waals surface area contributed by atoms with Crippen molar-refractivity contribution in [2.45, 2.75) is 19.4 Å². The van der Waals surface area contributed by atoms with Crippen LogP contribution < -0.4 is 5.32 Å². The Hall–Kier alpha value is -1.73. The van der Waals surface area contributed by atoms with Crippen LogP contribution in [0.25, 0.3) is 11.0 Å². The molecular weight excluding hydrogens is 334 g/mol. The highest BCUT2D eigenvalue weighted by atomic mass is 79.9. The van der Waals surface area contributed by atoms with E-state index >= 15 is 0 Å². The Labute approximate surface area is 130 Å². The standard InChI is InChI=1S/C14H16BrN5O/c1-3-16-11(8-13-17-19-20(2)18-13)12-7-9-5-4-6-10(15)14(9)21-12/h4-7,11,16H,3,8H2,1-2H3. The van der Waals surface area contributed by atoms with Crippen LogP contribution in [0.2, 0.25) is 0 Å². The largest absolute Gasteiger partial charge is 0.458 e. The Morgan fingerprint density at radius 2 is 2.29 bits per heavy atom. The van der Waals surface area contributed by atoms with E-state index in [0.717, 1.165) is 27.7 Å². The molecule has 0 aliphatic heterocycles. The van der Waals surface area contributed by atoms with Gasteiger partial charge >= 0.3 is 0 Å². The maximum Gasteiger partial charge on any atom is 0.176 e. The lowest BCUT2D eigenvalue weighted by atomic mass is 10.1. The van der Waals surface area contributed by atoms with E-state index in [4.69, 9.17) is 4.42 Å². The molecule has 0 spiro atoms. The van der Waals surface area contributed by atoms with Crippen molar-refractivity contribution in [2.24, 2.45) is 7.05 Å². The van der Waals surface area contributed by atoms with E-state index in [2.05, 4.69) is 49.6 Å². The Kier molecular flexibility index (Phi) is 4.03. The van der Waals surface area contributed by atoms with Gasteiger partial charge in [-0.1, -0.05) is 19.1 Å². The SMILES string of the molecule is CCNC(Cc1nnn(C)n1)c1cc2cccc(Br)c2o1. The van der Waals surface area contributed by atoms with E-state index in [1.165, 1.54) is 4.80 Å². The molecule has 7 heteroatoms. The maximum atomic E-state index is 6.00. The molecule has 0 aliphatic rings. The van der Waals surface area contributed by atoms with Crippen molar-refractivity contribution in [3.05, 3.63) is 40.3 Å².